The number of amides is 2. The lowest BCUT2D eigenvalue weighted by molar-refractivity contribution is -0.384. The minimum absolute atomic E-state index is 0.0101. The Kier molecular flexibility index (Phi) is 8.85. The molecule has 0 atom stereocenters. The van der Waals surface area contributed by atoms with Crippen LogP contribution in [0.4, 0.5) is 10.5 Å². The standard InChI is InChI=1S/C29H26N2O8S/c1-4-37-25-15-20(10-11-23(25)39-28(33)21-6-5-7-22(17-21)31(35)36)16-26-27(32)30(29(34)40-26)12-13-38-24-14-18(2)8-9-19(24)3/h5-11,14-17H,4,12-13H2,1-3H3/b26-16-. The average molecular weight is 563 g/mol. The quantitative estimate of drug-likeness (QED) is 0.0969. The van der Waals surface area contributed by atoms with Gasteiger partial charge in [0.15, 0.2) is 11.5 Å². The van der Waals surface area contributed by atoms with Gasteiger partial charge in [-0.3, -0.25) is 24.6 Å². The SMILES string of the molecule is CCOc1cc(/C=C2\SC(=O)N(CCOc3cc(C)ccc3C)C2=O)ccc1OC(=O)c1cccc([N+](=O)[O-])c1. The summed E-state index contributed by atoms with van der Waals surface area (Å²) in [6, 6.07) is 15.7. The van der Waals surface area contributed by atoms with Crippen molar-refractivity contribution < 1.29 is 33.5 Å². The number of hydrogen-bond acceptors (Lipinski definition) is 9. The number of thioether (sulfide) groups is 1. The van der Waals surface area contributed by atoms with Gasteiger partial charge in [-0.15, -0.1) is 0 Å². The Bertz CT molecular complexity index is 1520. The Morgan fingerprint density at radius 1 is 1.00 bits per heavy atom. The van der Waals surface area contributed by atoms with Crippen LogP contribution in [0.25, 0.3) is 6.08 Å². The molecule has 10 nitrogen and oxygen atoms in total. The maximum atomic E-state index is 13.0. The van der Waals surface area contributed by atoms with Crippen LogP contribution in [0.2, 0.25) is 0 Å². The third-order valence-electron chi connectivity index (χ3n) is 5.85. The number of rotatable bonds is 10. The number of carbonyl (C=O) groups is 3. The molecule has 206 valence electrons. The molecular weight excluding hydrogens is 536 g/mol. The first-order chi connectivity index (χ1) is 19.2. The maximum Gasteiger partial charge on any atom is 0.343 e. The Balaban J connectivity index is 1.46. The van der Waals surface area contributed by atoms with Crippen LogP contribution in [-0.4, -0.2) is 46.7 Å². The summed E-state index contributed by atoms with van der Waals surface area (Å²) in [5.41, 5.74) is 2.34. The minimum atomic E-state index is -0.790. The molecule has 0 aromatic heterocycles. The predicted octanol–water partition coefficient (Wildman–Crippen LogP) is 5.94. The summed E-state index contributed by atoms with van der Waals surface area (Å²) in [7, 11) is 0. The molecule has 1 aliphatic rings. The van der Waals surface area contributed by atoms with Gasteiger partial charge in [0.2, 0.25) is 0 Å². The fourth-order valence-corrected chi connectivity index (χ4v) is 4.69. The molecule has 0 spiro atoms. The first kappa shape index (κ1) is 28.4. The molecule has 1 fully saturated rings. The van der Waals surface area contributed by atoms with Crippen LogP contribution in [-0.2, 0) is 4.79 Å². The number of nitrogens with zero attached hydrogens (tertiary/aromatic N) is 2. The van der Waals surface area contributed by atoms with E-state index in [4.69, 9.17) is 14.2 Å². The number of hydrogen-bond donors (Lipinski definition) is 0. The minimum Gasteiger partial charge on any atom is -0.491 e. The van der Waals surface area contributed by atoms with Crippen molar-refractivity contribution in [2.75, 3.05) is 19.8 Å². The fraction of sp³-hybridized carbons (Fsp3) is 0.207. The molecule has 0 saturated carbocycles. The molecular formula is C29H26N2O8S. The first-order valence-electron chi connectivity index (χ1n) is 12.3. The molecule has 0 unspecified atom stereocenters. The molecule has 0 N–H and O–H groups in total. The number of nitro groups is 1. The number of aryl methyl sites for hydroxylation is 2. The second kappa shape index (κ2) is 12.5. The van der Waals surface area contributed by atoms with Crippen molar-refractivity contribution in [2.45, 2.75) is 20.8 Å². The lowest BCUT2D eigenvalue weighted by atomic mass is 10.1. The monoisotopic (exact) mass is 562 g/mol. The highest BCUT2D eigenvalue weighted by atomic mass is 32.2. The Hall–Kier alpha value is -4.64. The zero-order valence-electron chi connectivity index (χ0n) is 22.0. The number of non-ortho nitro benzene ring substituents is 1. The summed E-state index contributed by atoms with van der Waals surface area (Å²) in [6.07, 6.45) is 1.56. The molecule has 1 aliphatic heterocycles. The third kappa shape index (κ3) is 6.67. The van der Waals surface area contributed by atoms with E-state index in [1.54, 1.807) is 25.1 Å². The Labute approximate surface area is 234 Å². The second-order valence-corrected chi connectivity index (χ2v) is 9.78. The summed E-state index contributed by atoms with van der Waals surface area (Å²) in [5.74, 6) is -0.180. The van der Waals surface area contributed by atoms with Crippen molar-refractivity contribution in [1.82, 2.24) is 4.90 Å². The number of esters is 1. The number of imide groups is 1. The van der Waals surface area contributed by atoms with Crippen LogP contribution < -0.4 is 14.2 Å². The van der Waals surface area contributed by atoms with E-state index in [0.717, 1.165) is 33.9 Å². The molecule has 2 amide bonds. The van der Waals surface area contributed by atoms with Gasteiger partial charge in [-0.1, -0.05) is 24.3 Å². The van der Waals surface area contributed by atoms with Crippen molar-refractivity contribution in [3.05, 3.63) is 97.9 Å². The van der Waals surface area contributed by atoms with Gasteiger partial charge in [0, 0.05) is 12.1 Å². The van der Waals surface area contributed by atoms with Crippen molar-refractivity contribution in [2.24, 2.45) is 0 Å². The van der Waals surface area contributed by atoms with Crippen LogP contribution in [0.15, 0.2) is 65.6 Å². The molecule has 3 aromatic carbocycles. The highest BCUT2D eigenvalue weighted by Gasteiger charge is 2.35. The third-order valence-corrected chi connectivity index (χ3v) is 6.76. The van der Waals surface area contributed by atoms with E-state index in [-0.39, 0.29) is 47.4 Å². The van der Waals surface area contributed by atoms with Crippen LogP contribution in [0.3, 0.4) is 0 Å². The van der Waals surface area contributed by atoms with Crippen molar-refractivity contribution in [3.63, 3.8) is 0 Å². The lowest BCUT2D eigenvalue weighted by Crippen LogP contribution is -2.32. The molecule has 0 radical (unpaired) electrons. The highest BCUT2D eigenvalue weighted by Crippen LogP contribution is 2.35. The number of ether oxygens (including phenoxy) is 3. The fourth-order valence-electron chi connectivity index (χ4n) is 3.83. The van der Waals surface area contributed by atoms with Gasteiger partial charge in [0.25, 0.3) is 16.8 Å². The van der Waals surface area contributed by atoms with E-state index in [1.807, 2.05) is 32.0 Å². The van der Waals surface area contributed by atoms with Gasteiger partial charge in [-0.2, -0.15) is 0 Å². The molecule has 3 aromatic rings. The number of nitro benzene ring substituents is 1. The van der Waals surface area contributed by atoms with Gasteiger partial charge in [0.05, 0.1) is 28.5 Å². The van der Waals surface area contributed by atoms with E-state index in [0.29, 0.717) is 11.3 Å². The zero-order valence-corrected chi connectivity index (χ0v) is 22.9. The van der Waals surface area contributed by atoms with E-state index >= 15 is 0 Å². The van der Waals surface area contributed by atoms with E-state index in [1.165, 1.54) is 24.3 Å². The number of carbonyl (C=O) groups excluding carboxylic acids is 3. The second-order valence-electron chi connectivity index (χ2n) is 8.79. The summed E-state index contributed by atoms with van der Waals surface area (Å²) in [6.45, 7) is 6.17. The van der Waals surface area contributed by atoms with Crippen molar-refractivity contribution >= 4 is 40.6 Å². The van der Waals surface area contributed by atoms with E-state index in [9.17, 15) is 24.5 Å². The average Bonchev–Trinajstić information content (AvgIpc) is 3.19. The molecule has 11 heteroatoms. The lowest BCUT2D eigenvalue weighted by Gasteiger charge is -2.14. The van der Waals surface area contributed by atoms with Crippen molar-refractivity contribution in [1.29, 1.82) is 0 Å². The topological polar surface area (TPSA) is 125 Å². The Morgan fingerprint density at radius 2 is 1.80 bits per heavy atom. The first-order valence-corrected chi connectivity index (χ1v) is 13.2. The maximum absolute atomic E-state index is 13.0. The van der Waals surface area contributed by atoms with E-state index < -0.39 is 22.0 Å². The van der Waals surface area contributed by atoms with Crippen LogP contribution in [0, 0.1) is 24.0 Å². The molecule has 0 aliphatic carbocycles. The summed E-state index contributed by atoms with van der Waals surface area (Å²) < 4.78 is 16.9. The molecule has 0 bridgehead atoms. The predicted molar refractivity (Wildman–Crippen MR) is 150 cm³/mol. The Morgan fingerprint density at radius 3 is 2.55 bits per heavy atom. The molecule has 1 heterocycles. The summed E-state index contributed by atoms with van der Waals surface area (Å²) in [5, 5.41) is 10.6. The smallest absolute Gasteiger partial charge is 0.343 e. The zero-order chi connectivity index (χ0) is 28.8. The van der Waals surface area contributed by atoms with Crippen LogP contribution in [0.1, 0.15) is 34.0 Å². The van der Waals surface area contributed by atoms with Gasteiger partial charge < -0.3 is 14.2 Å². The normalized spacial score (nSPS) is 14.0. The van der Waals surface area contributed by atoms with E-state index in [2.05, 4.69) is 0 Å². The van der Waals surface area contributed by atoms with Crippen LogP contribution >= 0.6 is 11.8 Å². The van der Waals surface area contributed by atoms with Gasteiger partial charge in [-0.05, 0) is 79.6 Å². The number of benzene rings is 3. The van der Waals surface area contributed by atoms with Gasteiger partial charge in [0.1, 0.15) is 12.4 Å². The molecule has 1 saturated heterocycles. The summed E-state index contributed by atoms with van der Waals surface area (Å²) in [4.78, 5) is 49.9. The molecule has 40 heavy (non-hydrogen) atoms. The molecule has 4 rings (SSSR count). The van der Waals surface area contributed by atoms with Gasteiger partial charge in [-0.25, -0.2) is 4.79 Å². The van der Waals surface area contributed by atoms with Crippen LogP contribution in [0.5, 0.6) is 17.2 Å². The largest absolute Gasteiger partial charge is 0.491 e. The summed E-state index contributed by atoms with van der Waals surface area (Å²) >= 11 is 0.825. The highest BCUT2D eigenvalue weighted by molar-refractivity contribution is 8.18. The van der Waals surface area contributed by atoms with Gasteiger partial charge >= 0.3 is 5.97 Å². The van der Waals surface area contributed by atoms with Crippen molar-refractivity contribution in [3.8, 4) is 17.2 Å².